The van der Waals surface area contributed by atoms with E-state index in [2.05, 4.69) is 16.8 Å². The second-order valence-corrected chi connectivity index (χ2v) is 6.45. The summed E-state index contributed by atoms with van der Waals surface area (Å²) in [4.78, 5) is 21.1. The number of hydrogen-bond donors (Lipinski definition) is 2. The molecule has 0 atom stereocenters. The molecule has 0 bridgehead atoms. The lowest BCUT2D eigenvalue weighted by Gasteiger charge is -2.34. The van der Waals surface area contributed by atoms with Crippen LogP contribution in [0.5, 0.6) is 11.5 Å². The van der Waals surface area contributed by atoms with Gasteiger partial charge in [0, 0.05) is 31.7 Å². The van der Waals surface area contributed by atoms with Gasteiger partial charge in [-0.05, 0) is 37.4 Å². The van der Waals surface area contributed by atoms with Gasteiger partial charge in [0.25, 0.3) is 5.91 Å². The minimum Gasteiger partial charge on any atom is -0.454 e. The highest BCUT2D eigenvalue weighted by molar-refractivity contribution is 6.04. The molecule has 4 rings (SSSR count). The van der Waals surface area contributed by atoms with Gasteiger partial charge < -0.3 is 14.5 Å². The van der Waals surface area contributed by atoms with Crippen molar-refractivity contribution < 1.29 is 14.7 Å². The largest absolute Gasteiger partial charge is 0.454 e. The predicted octanol–water partition coefficient (Wildman–Crippen LogP) is 2.24. The van der Waals surface area contributed by atoms with Crippen LogP contribution >= 0.6 is 0 Å². The number of hydroxylamine groups is 1. The summed E-state index contributed by atoms with van der Waals surface area (Å²) in [6, 6.07) is 12.7. The monoisotopic (exact) mass is 352 g/mol. The van der Waals surface area contributed by atoms with E-state index >= 15 is 0 Å². The molecular formula is C19H20N4O3. The topological polar surface area (TPSA) is 77.4 Å². The Hall–Kier alpha value is -2.90. The summed E-state index contributed by atoms with van der Waals surface area (Å²) in [7, 11) is 2.11. The standard InChI is InChI=1S/C19H20N4O3/c1-22-8-10-23(11-9-22)18-14-4-2-3-5-16(14)26-17-7-6-13(19(24)21-25)12-15(17)20-18/h2-7,12,25H,8-11H2,1H3,(H,21,24). The van der Waals surface area contributed by atoms with E-state index in [-0.39, 0.29) is 0 Å². The van der Waals surface area contributed by atoms with Crippen LogP contribution in [0, 0.1) is 0 Å². The minimum absolute atomic E-state index is 0.322. The summed E-state index contributed by atoms with van der Waals surface area (Å²) in [5, 5.41) is 8.89. The molecule has 7 heteroatoms. The van der Waals surface area contributed by atoms with Gasteiger partial charge >= 0.3 is 0 Å². The highest BCUT2D eigenvalue weighted by atomic mass is 16.5. The number of para-hydroxylation sites is 1. The van der Waals surface area contributed by atoms with Crippen molar-refractivity contribution >= 4 is 17.4 Å². The molecule has 2 aromatic rings. The molecular weight excluding hydrogens is 332 g/mol. The van der Waals surface area contributed by atoms with Crippen molar-refractivity contribution in [3.63, 3.8) is 0 Å². The number of amidine groups is 1. The van der Waals surface area contributed by atoms with E-state index in [4.69, 9.17) is 14.9 Å². The van der Waals surface area contributed by atoms with Gasteiger partial charge in [-0.15, -0.1) is 0 Å². The lowest BCUT2D eigenvalue weighted by atomic mass is 10.1. The van der Waals surface area contributed by atoms with Crippen LogP contribution in [0.25, 0.3) is 0 Å². The lowest BCUT2D eigenvalue weighted by molar-refractivity contribution is 0.0706. The molecule has 26 heavy (non-hydrogen) atoms. The van der Waals surface area contributed by atoms with Gasteiger partial charge in [-0.25, -0.2) is 10.5 Å². The summed E-state index contributed by atoms with van der Waals surface area (Å²) in [6.07, 6.45) is 0. The molecule has 2 aliphatic rings. The van der Waals surface area contributed by atoms with Gasteiger partial charge in [-0.2, -0.15) is 0 Å². The second-order valence-electron chi connectivity index (χ2n) is 6.45. The molecule has 0 spiro atoms. The van der Waals surface area contributed by atoms with Gasteiger partial charge in [0.1, 0.15) is 17.3 Å². The minimum atomic E-state index is -0.578. The number of ether oxygens (including phenoxy) is 1. The zero-order chi connectivity index (χ0) is 18.1. The fraction of sp³-hybridized carbons (Fsp3) is 0.263. The maximum atomic E-state index is 11.8. The van der Waals surface area contributed by atoms with E-state index in [1.807, 2.05) is 24.3 Å². The quantitative estimate of drug-likeness (QED) is 0.608. The van der Waals surface area contributed by atoms with Crippen LogP contribution in [0.15, 0.2) is 47.5 Å². The first-order valence-electron chi connectivity index (χ1n) is 8.53. The summed E-state index contributed by atoms with van der Waals surface area (Å²) in [5.41, 5.74) is 3.48. The number of likely N-dealkylation sites (N-methyl/N-ethyl adjacent to an activating group) is 1. The number of aliphatic imine (C=N–C) groups is 1. The summed E-state index contributed by atoms with van der Waals surface area (Å²) >= 11 is 0. The van der Waals surface area contributed by atoms with Crippen LogP contribution in [0.3, 0.4) is 0 Å². The third-order valence-corrected chi connectivity index (χ3v) is 4.70. The van der Waals surface area contributed by atoms with E-state index in [0.717, 1.165) is 43.3 Å². The first kappa shape index (κ1) is 16.6. The Morgan fingerprint density at radius 2 is 1.88 bits per heavy atom. The Balaban J connectivity index is 1.81. The number of nitrogens with one attached hydrogen (secondary N) is 1. The van der Waals surface area contributed by atoms with Crippen molar-refractivity contribution in [2.24, 2.45) is 4.99 Å². The van der Waals surface area contributed by atoms with Crippen LogP contribution in [0.4, 0.5) is 5.69 Å². The van der Waals surface area contributed by atoms with Gasteiger partial charge in [-0.1, -0.05) is 12.1 Å². The number of rotatable bonds is 1. The Bertz CT molecular complexity index is 873. The van der Waals surface area contributed by atoms with Gasteiger partial charge in [0.05, 0.1) is 5.56 Å². The number of hydrogen-bond acceptors (Lipinski definition) is 6. The van der Waals surface area contributed by atoms with Crippen LogP contribution in [-0.2, 0) is 0 Å². The molecule has 2 heterocycles. The van der Waals surface area contributed by atoms with Crippen molar-refractivity contribution in [2.75, 3.05) is 33.2 Å². The van der Waals surface area contributed by atoms with E-state index in [1.54, 1.807) is 23.7 Å². The summed E-state index contributed by atoms with van der Waals surface area (Å²) < 4.78 is 6.07. The third kappa shape index (κ3) is 3.02. The fourth-order valence-corrected chi connectivity index (χ4v) is 3.19. The molecule has 1 fully saturated rings. The third-order valence-electron chi connectivity index (χ3n) is 4.70. The zero-order valence-electron chi connectivity index (χ0n) is 14.5. The smallest absolute Gasteiger partial charge is 0.274 e. The van der Waals surface area contributed by atoms with Gasteiger partial charge in [0.2, 0.25) is 0 Å². The number of piperazine rings is 1. The SMILES string of the molecule is CN1CCN(C2=Nc3cc(C(=O)NO)ccc3Oc3ccccc32)CC1. The fourth-order valence-electron chi connectivity index (χ4n) is 3.19. The van der Waals surface area contributed by atoms with E-state index in [9.17, 15) is 4.79 Å². The van der Waals surface area contributed by atoms with E-state index in [0.29, 0.717) is 17.0 Å². The Kier molecular flexibility index (Phi) is 4.32. The number of benzene rings is 2. The van der Waals surface area contributed by atoms with Crippen LogP contribution in [0.1, 0.15) is 15.9 Å². The van der Waals surface area contributed by atoms with E-state index < -0.39 is 5.91 Å². The van der Waals surface area contributed by atoms with Crippen LogP contribution in [0.2, 0.25) is 0 Å². The molecule has 134 valence electrons. The zero-order valence-corrected chi connectivity index (χ0v) is 14.5. The second kappa shape index (κ2) is 6.78. The molecule has 0 aromatic heterocycles. The van der Waals surface area contributed by atoms with Crippen LogP contribution < -0.4 is 10.2 Å². The molecule has 0 radical (unpaired) electrons. The molecule has 0 unspecified atom stereocenters. The van der Waals surface area contributed by atoms with Crippen LogP contribution in [-0.4, -0.2) is 60.0 Å². The highest BCUT2D eigenvalue weighted by Crippen LogP contribution is 2.38. The maximum absolute atomic E-state index is 11.8. The molecule has 2 aromatic carbocycles. The molecule has 0 saturated carbocycles. The number of carbonyl (C=O) groups is 1. The molecule has 1 saturated heterocycles. The average molecular weight is 352 g/mol. The Morgan fingerprint density at radius 1 is 1.12 bits per heavy atom. The Labute approximate surface area is 151 Å². The maximum Gasteiger partial charge on any atom is 0.274 e. The summed E-state index contributed by atoms with van der Waals surface area (Å²) in [5.74, 6) is 1.58. The highest BCUT2D eigenvalue weighted by Gasteiger charge is 2.25. The molecule has 2 aliphatic heterocycles. The number of nitrogens with zero attached hydrogens (tertiary/aromatic N) is 3. The normalized spacial score (nSPS) is 16.7. The molecule has 7 nitrogen and oxygen atoms in total. The van der Waals surface area contributed by atoms with E-state index in [1.165, 1.54) is 0 Å². The first-order chi connectivity index (χ1) is 12.7. The molecule has 0 aliphatic carbocycles. The Morgan fingerprint density at radius 3 is 2.65 bits per heavy atom. The number of carbonyl (C=O) groups excluding carboxylic acids is 1. The first-order valence-corrected chi connectivity index (χ1v) is 8.53. The van der Waals surface area contributed by atoms with Crippen molar-refractivity contribution in [1.29, 1.82) is 0 Å². The van der Waals surface area contributed by atoms with Crippen molar-refractivity contribution in [3.8, 4) is 11.5 Å². The number of fused-ring (bicyclic) bond motifs is 2. The lowest BCUT2D eigenvalue weighted by Crippen LogP contribution is -2.47. The number of amides is 1. The van der Waals surface area contributed by atoms with Gasteiger partial charge in [-0.3, -0.25) is 10.0 Å². The molecule has 2 N–H and O–H groups in total. The average Bonchev–Trinajstić information content (AvgIpc) is 2.84. The molecule has 1 amide bonds. The van der Waals surface area contributed by atoms with Crippen molar-refractivity contribution in [1.82, 2.24) is 15.3 Å². The van der Waals surface area contributed by atoms with Crippen molar-refractivity contribution in [2.45, 2.75) is 0 Å². The van der Waals surface area contributed by atoms with Crippen molar-refractivity contribution in [3.05, 3.63) is 53.6 Å². The van der Waals surface area contributed by atoms with Gasteiger partial charge in [0.15, 0.2) is 5.75 Å². The predicted molar refractivity (Wildman–Crippen MR) is 97.5 cm³/mol. The summed E-state index contributed by atoms with van der Waals surface area (Å²) in [6.45, 7) is 3.66.